The summed E-state index contributed by atoms with van der Waals surface area (Å²) in [5.41, 5.74) is 1.52. The molecule has 0 unspecified atom stereocenters. The molecule has 0 aromatic carbocycles. The average Bonchev–Trinajstić information content (AvgIpc) is 2.67. The van der Waals surface area contributed by atoms with Gasteiger partial charge in [0.15, 0.2) is 0 Å². The smallest absolute Gasteiger partial charge is 0.313 e. The van der Waals surface area contributed by atoms with Crippen LogP contribution in [0.3, 0.4) is 0 Å². The Morgan fingerprint density at radius 1 is 1.39 bits per heavy atom. The van der Waals surface area contributed by atoms with E-state index in [1.165, 1.54) is 10.7 Å². The van der Waals surface area contributed by atoms with Crippen LogP contribution in [0.5, 0.6) is 0 Å². The largest absolute Gasteiger partial charge is 0.373 e. The fourth-order valence-corrected chi connectivity index (χ4v) is 1.72. The first-order valence-electron chi connectivity index (χ1n) is 5.39. The molecule has 7 heteroatoms. The average molecular weight is 247 g/mol. The van der Waals surface area contributed by atoms with Gasteiger partial charge in [-0.05, 0) is 26.0 Å². The Morgan fingerprint density at radius 2 is 2.11 bits per heavy atom. The van der Waals surface area contributed by atoms with Crippen molar-refractivity contribution in [2.45, 2.75) is 13.8 Å². The fourth-order valence-electron chi connectivity index (χ4n) is 1.72. The zero-order chi connectivity index (χ0) is 13.3. The van der Waals surface area contributed by atoms with Gasteiger partial charge < -0.3 is 5.32 Å². The molecule has 7 nitrogen and oxygen atoms in total. The highest BCUT2D eigenvalue weighted by Gasteiger charge is 2.19. The number of hydrogen-bond donors (Lipinski definition) is 1. The number of nitrogens with zero attached hydrogens (tertiary/aromatic N) is 4. The normalized spacial score (nSPS) is 10.4. The Bertz CT molecular complexity index is 605. The maximum atomic E-state index is 11.0. The van der Waals surface area contributed by atoms with E-state index in [-0.39, 0.29) is 11.5 Å². The molecule has 2 rings (SSSR count). The molecule has 0 aliphatic rings. The van der Waals surface area contributed by atoms with E-state index in [1.54, 1.807) is 13.1 Å². The molecular formula is C11H13N5O2. The van der Waals surface area contributed by atoms with Crippen LogP contribution in [0.1, 0.15) is 11.4 Å². The molecule has 0 amide bonds. The summed E-state index contributed by atoms with van der Waals surface area (Å²) >= 11 is 0. The highest BCUT2D eigenvalue weighted by Crippen LogP contribution is 2.23. The molecule has 0 aliphatic carbocycles. The van der Waals surface area contributed by atoms with E-state index in [1.807, 2.05) is 19.9 Å². The Balaban J connectivity index is 2.67. The second kappa shape index (κ2) is 4.44. The van der Waals surface area contributed by atoms with E-state index < -0.39 is 4.92 Å². The molecule has 0 bridgehead atoms. The molecule has 0 atom stereocenters. The molecule has 0 radical (unpaired) electrons. The summed E-state index contributed by atoms with van der Waals surface area (Å²) in [5.74, 6) is 0.778. The lowest BCUT2D eigenvalue weighted by molar-refractivity contribution is -0.384. The number of nitrogens with one attached hydrogen (secondary N) is 1. The second-order valence-electron chi connectivity index (χ2n) is 3.89. The van der Waals surface area contributed by atoms with E-state index in [9.17, 15) is 10.1 Å². The van der Waals surface area contributed by atoms with Crippen molar-refractivity contribution in [1.82, 2.24) is 14.8 Å². The first-order chi connectivity index (χ1) is 8.52. The number of rotatable bonds is 3. The minimum atomic E-state index is -0.460. The van der Waals surface area contributed by atoms with Gasteiger partial charge in [-0.3, -0.25) is 10.1 Å². The number of nitro groups is 1. The Kier molecular flexibility index (Phi) is 2.97. The van der Waals surface area contributed by atoms with Crippen molar-refractivity contribution in [3.05, 3.63) is 39.7 Å². The molecule has 0 saturated heterocycles. The van der Waals surface area contributed by atoms with Gasteiger partial charge >= 0.3 is 5.69 Å². The van der Waals surface area contributed by atoms with Crippen LogP contribution in [0.4, 0.5) is 11.5 Å². The minimum absolute atomic E-state index is 0.0693. The molecule has 0 saturated carbocycles. The maximum Gasteiger partial charge on any atom is 0.313 e. The summed E-state index contributed by atoms with van der Waals surface area (Å²) in [6.07, 6.45) is 0. The number of aromatic nitrogens is 3. The van der Waals surface area contributed by atoms with Crippen molar-refractivity contribution in [3.63, 3.8) is 0 Å². The van der Waals surface area contributed by atoms with Crippen LogP contribution in [0, 0.1) is 24.0 Å². The minimum Gasteiger partial charge on any atom is -0.373 e. The molecule has 2 heterocycles. The molecule has 2 aromatic heterocycles. The molecule has 2 aromatic rings. The fraction of sp³-hybridized carbons (Fsp3) is 0.273. The summed E-state index contributed by atoms with van der Waals surface area (Å²) in [5, 5.41) is 18.1. The van der Waals surface area contributed by atoms with Gasteiger partial charge in [0, 0.05) is 18.8 Å². The number of aryl methyl sites for hydroxylation is 2. The summed E-state index contributed by atoms with van der Waals surface area (Å²) in [6, 6.07) is 4.83. The van der Waals surface area contributed by atoms with Crippen LogP contribution in [-0.4, -0.2) is 26.7 Å². The summed E-state index contributed by atoms with van der Waals surface area (Å²) in [7, 11) is 1.71. The van der Waals surface area contributed by atoms with E-state index in [4.69, 9.17) is 0 Å². The molecular weight excluding hydrogens is 234 g/mol. The SMILES string of the molecule is CNc1ccc([N+](=O)[O-])c(-n2nc(C)cc2C)n1. The second-order valence-corrected chi connectivity index (χ2v) is 3.89. The van der Waals surface area contributed by atoms with Crippen LogP contribution in [0.15, 0.2) is 18.2 Å². The van der Waals surface area contributed by atoms with E-state index >= 15 is 0 Å². The molecule has 18 heavy (non-hydrogen) atoms. The van der Waals surface area contributed by atoms with E-state index in [0.29, 0.717) is 5.82 Å². The Hall–Kier alpha value is -2.44. The summed E-state index contributed by atoms with van der Waals surface area (Å²) < 4.78 is 1.48. The lowest BCUT2D eigenvalue weighted by Gasteiger charge is -2.06. The van der Waals surface area contributed by atoms with E-state index in [2.05, 4.69) is 15.4 Å². The van der Waals surface area contributed by atoms with Gasteiger partial charge in [-0.25, -0.2) is 9.67 Å². The van der Waals surface area contributed by atoms with Crippen molar-refractivity contribution in [3.8, 4) is 5.82 Å². The summed E-state index contributed by atoms with van der Waals surface area (Å²) in [6.45, 7) is 3.66. The monoisotopic (exact) mass is 247 g/mol. The van der Waals surface area contributed by atoms with Crippen molar-refractivity contribution in [2.75, 3.05) is 12.4 Å². The van der Waals surface area contributed by atoms with Gasteiger partial charge in [-0.1, -0.05) is 0 Å². The molecule has 94 valence electrons. The van der Waals surface area contributed by atoms with Crippen LogP contribution in [0.2, 0.25) is 0 Å². The van der Waals surface area contributed by atoms with Crippen LogP contribution in [0.25, 0.3) is 5.82 Å². The highest BCUT2D eigenvalue weighted by molar-refractivity contribution is 5.53. The third-order valence-corrected chi connectivity index (χ3v) is 2.52. The lowest BCUT2D eigenvalue weighted by Crippen LogP contribution is -2.07. The summed E-state index contributed by atoms with van der Waals surface area (Å²) in [4.78, 5) is 14.8. The van der Waals surface area contributed by atoms with Gasteiger partial charge in [-0.15, -0.1) is 0 Å². The van der Waals surface area contributed by atoms with Crippen molar-refractivity contribution >= 4 is 11.5 Å². The van der Waals surface area contributed by atoms with Crippen molar-refractivity contribution in [2.24, 2.45) is 0 Å². The Labute approximate surface area is 104 Å². The maximum absolute atomic E-state index is 11.0. The standard InChI is InChI=1S/C11H13N5O2/c1-7-6-8(2)15(14-7)11-9(16(17)18)4-5-10(12-3)13-11/h4-6H,1-3H3,(H,12,13). The van der Waals surface area contributed by atoms with Gasteiger partial charge in [0.1, 0.15) is 5.82 Å². The predicted octanol–water partition coefficient (Wildman–Crippen LogP) is 1.83. The van der Waals surface area contributed by atoms with Gasteiger partial charge in [-0.2, -0.15) is 5.10 Å². The van der Waals surface area contributed by atoms with Crippen molar-refractivity contribution < 1.29 is 4.92 Å². The van der Waals surface area contributed by atoms with Crippen LogP contribution >= 0.6 is 0 Å². The molecule has 0 aliphatic heterocycles. The lowest BCUT2D eigenvalue weighted by atomic mass is 10.3. The van der Waals surface area contributed by atoms with Gasteiger partial charge in [0.25, 0.3) is 0 Å². The van der Waals surface area contributed by atoms with Crippen molar-refractivity contribution in [1.29, 1.82) is 0 Å². The van der Waals surface area contributed by atoms with Gasteiger partial charge in [0.05, 0.1) is 10.6 Å². The first kappa shape index (κ1) is 12.0. The van der Waals surface area contributed by atoms with Crippen LogP contribution in [-0.2, 0) is 0 Å². The quantitative estimate of drug-likeness (QED) is 0.660. The van der Waals surface area contributed by atoms with E-state index in [0.717, 1.165) is 11.4 Å². The first-order valence-corrected chi connectivity index (χ1v) is 5.39. The Morgan fingerprint density at radius 3 is 2.61 bits per heavy atom. The predicted molar refractivity (Wildman–Crippen MR) is 67.0 cm³/mol. The molecule has 0 fully saturated rings. The highest BCUT2D eigenvalue weighted by atomic mass is 16.6. The zero-order valence-corrected chi connectivity index (χ0v) is 10.3. The zero-order valence-electron chi connectivity index (χ0n) is 10.3. The third kappa shape index (κ3) is 2.02. The third-order valence-electron chi connectivity index (χ3n) is 2.52. The van der Waals surface area contributed by atoms with Gasteiger partial charge in [0.2, 0.25) is 5.82 Å². The molecule has 1 N–H and O–H groups in total. The number of pyridine rings is 1. The van der Waals surface area contributed by atoms with Crippen LogP contribution < -0.4 is 5.32 Å². The number of anilines is 1. The topological polar surface area (TPSA) is 85.9 Å². The number of hydrogen-bond acceptors (Lipinski definition) is 5. The molecule has 0 spiro atoms.